The van der Waals surface area contributed by atoms with Crippen molar-refractivity contribution < 1.29 is 23.1 Å². The van der Waals surface area contributed by atoms with E-state index in [2.05, 4.69) is 0 Å². The van der Waals surface area contributed by atoms with E-state index in [-0.39, 0.29) is 30.0 Å². The van der Waals surface area contributed by atoms with Crippen molar-refractivity contribution in [3.05, 3.63) is 24.3 Å². The van der Waals surface area contributed by atoms with Crippen molar-refractivity contribution in [3.8, 4) is 0 Å². The molecule has 1 fully saturated rings. The Morgan fingerprint density at radius 2 is 1.93 bits per heavy atom. The van der Waals surface area contributed by atoms with Gasteiger partial charge in [0.1, 0.15) is 0 Å². The van der Waals surface area contributed by atoms with E-state index < -0.39 is 32.6 Å². The second-order valence-electron chi connectivity index (χ2n) is 6.62. The third-order valence-corrected chi connectivity index (χ3v) is 7.31. The summed E-state index contributed by atoms with van der Waals surface area (Å²) in [7, 11) is -4.48. The van der Waals surface area contributed by atoms with Gasteiger partial charge in [0.15, 0.2) is 0 Å². The van der Waals surface area contributed by atoms with Crippen LogP contribution in [0.15, 0.2) is 29.2 Å². The molecule has 2 atom stereocenters. The number of nitrogen functional groups attached to an aromatic ring is 1. The number of hydrogen-bond acceptors (Lipinski definition) is 7. The van der Waals surface area contributed by atoms with Gasteiger partial charge in [-0.05, 0) is 44.4 Å². The number of carboxylic acids is 1. The molecule has 9 nitrogen and oxygen atoms in total. The molecule has 1 aliphatic rings. The Morgan fingerprint density at radius 1 is 1.26 bits per heavy atom. The molecule has 1 amide bonds. The average Bonchev–Trinajstić information content (AvgIpc) is 3.08. The second kappa shape index (κ2) is 8.24. The highest BCUT2D eigenvalue weighted by atomic mass is 32.2. The molecular weight excluding hydrogens is 372 g/mol. The van der Waals surface area contributed by atoms with Gasteiger partial charge < -0.3 is 27.2 Å². The number of hydrogen-bond donors (Lipinski definition) is 4. The molecule has 0 aliphatic carbocycles. The molecule has 0 unspecified atom stereocenters. The summed E-state index contributed by atoms with van der Waals surface area (Å²) in [6.45, 7) is 0.451. The Balaban J connectivity index is 2.46. The van der Waals surface area contributed by atoms with Gasteiger partial charge in [0.05, 0.1) is 16.6 Å². The molecule has 10 heteroatoms. The summed E-state index contributed by atoms with van der Waals surface area (Å²) in [5.41, 5.74) is 17.1. The van der Waals surface area contributed by atoms with Crippen LogP contribution >= 0.6 is 0 Å². The van der Waals surface area contributed by atoms with Crippen molar-refractivity contribution in [2.45, 2.75) is 47.9 Å². The fourth-order valence-corrected chi connectivity index (χ4v) is 5.55. The van der Waals surface area contributed by atoms with Gasteiger partial charge in [-0.15, -0.1) is 0 Å². The van der Waals surface area contributed by atoms with Crippen LogP contribution in [0.1, 0.15) is 32.1 Å². The Morgan fingerprint density at radius 3 is 2.52 bits per heavy atom. The number of carboxylic acid groups (broad SMARTS) is 1. The third-order valence-electron chi connectivity index (χ3n) is 4.87. The summed E-state index contributed by atoms with van der Waals surface area (Å²) >= 11 is 0. The molecule has 1 aromatic carbocycles. The maximum atomic E-state index is 13.3. The Hall–Kier alpha value is -2.17. The lowest BCUT2D eigenvalue weighted by atomic mass is 10.1. The number of anilines is 1. The number of rotatable bonds is 8. The van der Waals surface area contributed by atoms with E-state index in [0.29, 0.717) is 25.8 Å². The number of sulfone groups is 1. The summed E-state index contributed by atoms with van der Waals surface area (Å²) in [4.78, 5) is 23.2. The number of nitrogens with two attached hydrogens (primary N) is 3. The van der Waals surface area contributed by atoms with Crippen LogP contribution in [-0.4, -0.2) is 54.3 Å². The van der Waals surface area contributed by atoms with Gasteiger partial charge >= 0.3 is 5.97 Å². The molecule has 7 N–H and O–H groups in total. The summed E-state index contributed by atoms with van der Waals surface area (Å²) in [6.07, 6.45) is 1.58. The average molecular weight is 398 g/mol. The third kappa shape index (κ3) is 3.64. The highest BCUT2D eigenvalue weighted by molar-refractivity contribution is 7.93. The zero-order chi connectivity index (χ0) is 20.2. The Labute approximate surface area is 158 Å². The van der Waals surface area contributed by atoms with E-state index in [0.717, 1.165) is 4.90 Å². The summed E-state index contributed by atoms with van der Waals surface area (Å²) in [5.74, 6) is -2.30. The predicted octanol–water partition coefficient (Wildman–Crippen LogP) is -0.0979. The van der Waals surface area contributed by atoms with E-state index in [1.165, 1.54) is 18.2 Å². The van der Waals surface area contributed by atoms with Gasteiger partial charge in [-0.3, -0.25) is 4.79 Å². The highest BCUT2D eigenvalue weighted by Crippen LogP contribution is 2.40. The molecule has 150 valence electrons. The number of carbonyl (C=O) groups excluding carboxylic acids is 1. The number of amides is 1. The van der Waals surface area contributed by atoms with E-state index in [1.54, 1.807) is 6.07 Å². The number of aliphatic carboxylic acids is 1. The normalized spacial score (nSPS) is 21.2. The van der Waals surface area contributed by atoms with Crippen LogP contribution in [0.5, 0.6) is 0 Å². The van der Waals surface area contributed by atoms with Crippen LogP contribution in [0.3, 0.4) is 0 Å². The SMILES string of the molecule is NCCCC[C@H](N)C(=O)N1CCC[C@]1(C(=O)O)S(=O)(=O)c1ccccc1N. The van der Waals surface area contributed by atoms with Crippen LogP contribution in [0, 0.1) is 0 Å². The van der Waals surface area contributed by atoms with Gasteiger partial charge in [0.25, 0.3) is 0 Å². The number of para-hydroxylation sites is 1. The molecule has 0 bridgehead atoms. The largest absolute Gasteiger partial charge is 0.479 e. The Kier molecular flexibility index (Phi) is 6.45. The minimum Gasteiger partial charge on any atom is -0.479 e. The lowest BCUT2D eigenvalue weighted by molar-refractivity contribution is -0.151. The standard InChI is InChI=1S/C17H26N4O5S/c18-10-4-3-7-13(20)15(22)21-11-5-9-17(21,16(23)24)27(25,26)14-8-2-1-6-12(14)19/h1-2,6,8,13H,3-5,7,9-11,18-20H2,(H,23,24)/t13-,17+/m0/s1. The number of unbranched alkanes of at least 4 members (excludes halogenated alkanes) is 1. The van der Waals surface area contributed by atoms with Crippen molar-refractivity contribution in [2.24, 2.45) is 11.5 Å². The van der Waals surface area contributed by atoms with Crippen LogP contribution < -0.4 is 17.2 Å². The monoisotopic (exact) mass is 398 g/mol. The van der Waals surface area contributed by atoms with Gasteiger partial charge in [-0.2, -0.15) is 0 Å². The minimum atomic E-state index is -4.48. The molecular formula is C17H26N4O5S. The van der Waals surface area contributed by atoms with Crippen molar-refractivity contribution in [1.29, 1.82) is 0 Å². The molecule has 1 saturated heterocycles. The smallest absolute Gasteiger partial charge is 0.346 e. The van der Waals surface area contributed by atoms with Crippen molar-refractivity contribution in [1.82, 2.24) is 4.90 Å². The first-order valence-corrected chi connectivity index (χ1v) is 10.3. The van der Waals surface area contributed by atoms with Gasteiger partial charge in [-0.1, -0.05) is 18.6 Å². The van der Waals surface area contributed by atoms with Crippen molar-refractivity contribution in [2.75, 3.05) is 18.8 Å². The lowest BCUT2D eigenvalue weighted by Gasteiger charge is -2.35. The summed E-state index contributed by atoms with van der Waals surface area (Å²) in [5, 5.41) is 9.90. The predicted molar refractivity (Wildman–Crippen MR) is 100 cm³/mol. The molecule has 1 heterocycles. The molecule has 2 rings (SSSR count). The number of benzene rings is 1. The zero-order valence-corrected chi connectivity index (χ0v) is 15.8. The number of likely N-dealkylation sites (tertiary alicyclic amines) is 1. The van der Waals surface area contributed by atoms with E-state index in [9.17, 15) is 23.1 Å². The zero-order valence-electron chi connectivity index (χ0n) is 15.0. The fourth-order valence-electron chi connectivity index (χ4n) is 3.44. The fraction of sp³-hybridized carbons (Fsp3) is 0.529. The lowest BCUT2D eigenvalue weighted by Crippen LogP contribution is -2.61. The molecule has 0 aromatic heterocycles. The Bertz CT molecular complexity index is 813. The van der Waals surface area contributed by atoms with Crippen molar-refractivity contribution >= 4 is 27.4 Å². The quantitative estimate of drug-likeness (QED) is 0.347. The van der Waals surface area contributed by atoms with E-state index in [4.69, 9.17) is 17.2 Å². The molecule has 0 radical (unpaired) electrons. The van der Waals surface area contributed by atoms with Gasteiger partial charge in [0.2, 0.25) is 20.6 Å². The summed E-state index contributed by atoms with van der Waals surface area (Å²) in [6, 6.07) is 4.64. The molecule has 0 spiro atoms. The van der Waals surface area contributed by atoms with Gasteiger partial charge in [0, 0.05) is 6.54 Å². The molecule has 1 aromatic rings. The first kappa shape index (κ1) is 21.1. The number of carbonyl (C=O) groups is 2. The van der Waals surface area contributed by atoms with Crippen LogP contribution in [-0.2, 0) is 19.4 Å². The molecule has 27 heavy (non-hydrogen) atoms. The maximum Gasteiger partial charge on any atom is 0.346 e. The molecule has 0 saturated carbocycles. The second-order valence-corrected chi connectivity index (χ2v) is 8.74. The van der Waals surface area contributed by atoms with Gasteiger partial charge in [-0.25, -0.2) is 13.2 Å². The maximum absolute atomic E-state index is 13.3. The van der Waals surface area contributed by atoms with Crippen LogP contribution in [0.2, 0.25) is 0 Å². The van der Waals surface area contributed by atoms with Crippen LogP contribution in [0.4, 0.5) is 5.69 Å². The highest BCUT2D eigenvalue weighted by Gasteiger charge is 2.61. The molecule has 1 aliphatic heterocycles. The van der Waals surface area contributed by atoms with E-state index >= 15 is 0 Å². The van der Waals surface area contributed by atoms with E-state index in [1.807, 2.05) is 0 Å². The number of nitrogens with zero attached hydrogens (tertiary/aromatic N) is 1. The van der Waals surface area contributed by atoms with Crippen molar-refractivity contribution in [3.63, 3.8) is 0 Å². The summed E-state index contributed by atoms with van der Waals surface area (Å²) < 4.78 is 26.6. The topological polar surface area (TPSA) is 170 Å². The van der Waals surface area contributed by atoms with Crippen LogP contribution in [0.25, 0.3) is 0 Å². The first-order chi connectivity index (χ1) is 12.7. The minimum absolute atomic E-state index is 0.00168. The first-order valence-electron chi connectivity index (χ1n) is 8.79.